The molecule has 0 saturated carbocycles. The maximum absolute atomic E-state index is 12.1. The van der Waals surface area contributed by atoms with Gasteiger partial charge >= 0.3 is 0 Å². The first-order chi connectivity index (χ1) is 10.9. The smallest absolute Gasteiger partial charge is 0.277 e. The summed E-state index contributed by atoms with van der Waals surface area (Å²) in [5, 5.41) is 2.43. The summed E-state index contributed by atoms with van der Waals surface area (Å²) in [7, 11) is 0. The minimum absolute atomic E-state index is 0.00624. The first kappa shape index (κ1) is 17.5. The Kier molecular flexibility index (Phi) is 5.78. The van der Waals surface area contributed by atoms with Crippen LogP contribution >= 0.6 is 23.1 Å². The lowest BCUT2D eigenvalue weighted by Gasteiger charge is -2.34. The van der Waals surface area contributed by atoms with Gasteiger partial charge in [0, 0.05) is 46.1 Å². The van der Waals surface area contributed by atoms with Gasteiger partial charge in [-0.15, -0.1) is 0 Å². The van der Waals surface area contributed by atoms with Crippen LogP contribution in [0.15, 0.2) is 4.79 Å². The highest BCUT2D eigenvalue weighted by Gasteiger charge is 2.22. The van der Waals surface area contributed by atoms with Crippen LogP contribution in [0.3, 0.4) is 0 Å². The average Bonchev–Trinajstić information content (AvgIpc) is 2.87. The number of nitrogens with one attached hydrogen (secondary N) is 2. The lowest BCUT2D eigenvalue weighted by Crippen LogP contribution is -2.50. The molecule has 23 heavy (non-hydrogen) atoms. The number of aromatic amines is 1. The van der Waals surface area contributed by atoms with Crippen molar-refractivity contribution >= 4 is 40.9 Å². The summed E-state index contributed by atoms with van der Waals surface area (Å²) in [6, 6.07) is 0. The van der Waals surface area contributed by atoms with Crippen LogP contribution in [-0.4, -0.2) is 64.6 Å². The molecule has 0 atom stereocenters. The molecule has 1 fully saturated rings. The molecule has 1 aliphatic rings. The number of amides is 3. The molecule has 0 bridgehead atoms. The van der Waals surface area contributed by atoms with Crippen LogP contribution in [-0.2, 0) is 9.59 Å². The molecular weight excluding hydrogens is 344 g/mol. The zero-order chi connectivity index (χ0) is 17.0. The quantitative estimate of drug-likeness (QED) is 0.782. The van der Waals surface area contributed by atoms with E-state index < -0.39 is 11.5 Å². The summed E-state index contributed by atoms with van der Waals surface area (Å²) in [6.07, 6.45) is 0.156. The van der Waals surface area contributed by atoms with Crippen LogP contribution in [0.5, 0.6) is 0 Å². The van der Waals surface area contributed by atoms with Gasteiger partial charge in [-0.1, -0.05) is 23.1 Å². The van der Waals surface area contributed by atoms with Crippen molar-refractivity contribution in [1.82, 2.24) is 19.5 Å². The number of rotatable bonds is 4. The molecule has 0 aliphatic carbocycles. The Hall–Kier alpha value is -1.87. The zero-order valence-corrected chi connectivity index (χ0v) is 14.1. The predicted molar refractivity (Wildman–Crippen MR) is 85.7 cm³/mol. The van der Waals surface area contributed by atoms with E-state index in [0.29, 0.717) is 26.2 Å². The molecule has 126 valence electrons. The second-order valence-electron chi connectivity index (χ2n) is 5.07. The van der Waals surface area contributed by atoms with Crippen LogP contribution in [0.4, 0.5) is 0 Å². The zero-order valence-electron chi connectivity index (χ0n) is 12.6. The number of hydrogen-bond acceptors (Lipinski definition) is 5. The first-order valence-electron chi connectivity index (χ1n) is 7.08. The molecule has 0 spiro atoms. The van der Waals surface area contributed by atoms with Crippen molar-refractivity contribution in [2.24, 2.45) is 0 Å². The van der Waals surface area contributed by atoms with Crippen molar-refractivity contribution in [3.63, 3.8) is 0 Å². The van der Waals surface area contributed by atoms with Gasteiger partial charge in [0.05, 0.1) is 0 Å². The van der Waals surface area contributed by atoms with E-state index in [1.807, 2.05) is 0 Å². The summed E-state index contributed by atoms with van der Waals surface area (Å²) < 4.78 is 2.37. The van der Waals surface area contributed by atoms with Crippen LogP contribution in [0, 0.1) is 0 Å². The van der Waals surface area contributed by atoms with E-state index in [9.17, 15) is 19.2 Å². The number of aromatic nitrogens is 1. The van der Waals surface area contributed by atoms with E-state index in [1.54, 1.807) is 9.80 Å². The SMILES string of the molecule is CC(=O)N1CCN(C(=O)CCNC(=O)c2s[nH]c(=O)c2Cl)CC1. The van der Waals surface area contributed by atoms with Gasteiger partial charge < -0.3 is 15.1 Å². The van der Waals surface area contributed by atoms with Crippen molar-refractivity contribution in [1.29, 1.82) is 0 Å². The number of H-pyrrole nitrogens is 1. The van der Waals surface area contributed by atoms with Crippen molar-refractivity contribution < 1.29 is 14.4 Å². The molecule has 2 rings (SSSR count). The van der Waals surface area contributed by atoms with Crippen molar-refractivity contribution in [3.05, 3.63) is 20.3 Å². The van der Waals surface area contributed by atoms with Crippen molar-refractivity contribution in [3.8, 4) is 0 Å². The Morgan fingerprint density at radius 2 is 1.83 bits per heavy atom. The van der Waals surface area contributed by atoms with Crippen molar-refractivity contribution in [2.75, 3.05) is 32.7 Å². The van der Waals surface area contributed by atoms with Gasteiger partial charge in [0.2, 0.25) is 11.8 Å². The fourth-order valence-corrected chi connectivity index (χ4v) is 3.18. The maximum Gasteiger partial charge on any atom is 0.277 e. The molecule has 3 amide bonds. The van der Waals surface area contributed by atoms with Gasteiger partial charge in [0.1, 0.15) is 9.90 Å². The maximum atomic E-state index is 12.1. The highest BCUT2D eigenvalue weighted by molar-refractivity contribution is 7.08. The predicted octanol–water partition coefficient (Wildman–Crippen LogP) is -0.0996. The topological polar surface area (TPSA) is 103 Å². The van der Waals surface area contributed by atoms with Crippen molar-refractivity contribution in [2.45, 2.75) is 13.3 Å². The third-order valence-electron chi connectivity index (χ3n) is 3.55. The number of carbonyl (C=O) groups excluding carboxylic acids is 3. The normalized spacial score (nSPS) is 14.7. The highest BCUT2D eigenvalue weighted by atomic mass is 35.5. The number of hydrogen-bond donors (Lipinski definition) is 2. The molecule has 1 aliphatic heterocycles. The van der Waals surface area contributed by atoms with E-state index in [4.69, 9.17) is 11.6 Å². The van der Waals surface area contributed by atoms with Crippen LogP contribution in [0.25, 0.3) is 0 Å². The van der Waals surface area contributed by atoms with Gasteiger partial charge in [-0.05, 0) is 0 Å². The van der Waals surface area contributed by atoms with Gasteiger partial charge in [-0.25, -0.2) is 0 Å². The molecule has 0 aromatic carbocycles. The summed E-state index contributed by atoms with van der Waals surface area (Å²) >= 11 is 6.56. The average molecular weight is 361 g/mol. The number of nitrogens with zero attached hydrogens (tertiary/aromatic N) is 2. The summed E-state index contributed by atoms with van der Waals surface area (Å²) in [6.45, 7) is 3.72. The van der Waals surface area contributed by atoms with Crippen LogP contribution in [0.2, 0.25) is 5.02 Å². The third-order valence-corrected chi connectivity index (χ3v) is 4.91. The second kappa shape index (κ2) is 7.60. The number of piperazine rings is 1. The largest absolute Gasteiger partial charge is 0.351 e. The molecule has 1 aromatic rings. The monoisotopic (exact) mass is 360 g/mol. The van der Waals surface area contributed by atoms with E-state index in [1.165, 1.54) is 6.92 Å². The standard InChI is InChI=1S/C13H17ClN4O4S/c1-8(19)17-4-6-18(7-5-17)9(20)2-3-15-13(22)11-10(14)12(21)16-23-11/h2-7H2,1H3,(H,15,22)(H,16,21). The molecular formula is C13H17ClN4O4S. The lowest BCUT2D eigenvalue weighted by molar-refractivity contribution is -0.138. The Morgan fingerprint density at radius 1 is 1.22 bits per heavy atom. The first-order valence-corrected chi connectivity index (χ1v) is 8.28. The Morgan fingerprint density at radius 3 is 2.35 bits per heavy atom. The van der Waals surface area contributed by atoms with E-state index >= 15 is 0 Å². The second-order valence-corrected chi connectivity index (χ2v) is 6.26. The molecule has 10 heteroatoms. The van der Waals surface area contributed by atoms with E-state index in [2.05, 4.69) is 9.69 Å². The lowest BCUT2D eigenvalue weighted by atomic mass is 10.2. The molecule has 2 N–H and O–H groups in total. The Bertz CT molecular complexity index is 663. The van der Waals surface area contributed by atoms with Gasteiger partial charge in [-0.2, -0.15) is 0 Å². The van der Waals surface area contributed by atoms with Crippen LogP contribution < -0.4 is 10.9 Å². The summed E-state index contributed by atoms with van der Waals surface area (Å²) in [4.78, 5) is 49.8. The molecule has 2 heterocycles. The molecule has 8 nitrogen and oxygen atoms in total. The summed E-state index contributed by atoms with van der Waals surface area (Å²) in [5.74, 6) is -0.555. The Balaban J connectivity index is 1.75. The number of carbonyl (C=O) groups is 3. The van der Waals surface area contributed by atoms with Gasteiger partial charge in [0.25, 0.3) is 11.5 Å². The highest BCUT2D eigenvalue weighted by Crippen LogP contribution is 2.14. The minimum Gasteiger partial charge on any atom is -0.351 e. The Labute approximate surface area is 141 Å². The van der Waals surface area contributed by atoms with Gasteiger partial charge in [0.15, 0.2) is 0 Å². The minimum atomic E-state index is -0.499. The molecule has 1 aromatic heterocycles. The molecule has 0 unspecified atom stereocenters. The van der Waals surface area contributed by atoms with Crippen LogP contribution in [0.1, 0.15) is 23.0 Å². The van der Waals surface area contributed by atoms with E-state index in [-0.39, 0.29) is 34.7 Å². The molecule has 1 saturated heterocycles. The fraction of sp³-hybridized carbons (Fsp3) is 0.538. The molecule has 0 radical (unpaired) electrons. The van der Waals surface area contributed by atoms with E-state index in [0.717, 1.165) is 11.5 Å². The number of halogens is 1. The van der Waals surface area contributed by atoms with Gasteiger partial charge in [-0.3, -0.25) is 23.6 Å². The summed E-state index contributed by atoms with van der Waals surface area (Å²) in [5.41, 5.74) is -0.499. The fourth-order valence-electron chi connectivity index (χ4n) is 2.23. The third kappa shape index (κ3) is 4.32.